The van der Waals surface area contributed by atoms with Crippen molar-refractivity contribution in [3.63, 3.8) is 0 Å². The Bertz CT molecular complexity index is 366. The van der Waals surface area contributed by atoms with Gasteiger partial charge in [-0.25, -0.2) is 4.79 Å². The molecule has 0 heterocycles. The van der Waals surface area contributed by atoms with Gasteiger partial charge in [0.1, 0.15) is 6.10 Å². The topological polar surface area (TPSA) is 35.5 Å². The number of carbonyl (C=O) groups excluding carboxylic acids is 1. The van der Waals surface area contributed by atoms with Gasteiger partial charge in [-0.1, -0.05) is 65.2 Å². The van der Waals surface area contributed by atoms with Crippen LogP contribution in [0, 0.1) is 17.8 Å². The Hall–Kier alpha value is -0.730. The van der Waals surface area contributed by atoms with Gasteiger partial charge in [-0.15, -0.1) is 0 Å². The maximum absolute atomic E-state index is 11.8. The second-order valence-corrected chi connectivity index (χ2v) is 8.74. The molecule has 0 aromatic rings. The molecule has 2 saturated carbocycles. The molecule has 2 rings (SSSR count). The molecule has 2 aliphatic rings. The summed E-state index contributed by atoms with van der Waals surface area (Å²) in [6.45, 7) is 4.95. The number of rotatable bonds is 10. The molecule has 26 heavy (non-hydrogen) atoms. The number of carbonyl (C=O) groups is 1. The lowest BCUT2D eigenvalue weighted by Crippen LogP contribution is -2.30. The van der Waals surface area contributed by atoms with E-state index in [-0.39, 0.29) is 6.10 Å². The van der Waals surface area contributed by atoms with Crippen LogP contribution in [0.4, 0.5) is 4.79 Å². The van der Waals surface area contributed by atoms with Crippen LogP contribution in [0.2, 0.25) is 0 Å². The van der Waals surface area contributed by atoms with E-state index in [2.05, 4.69) is 13.8 Å². The third-order valence-electron chi connectivity index (χ3n) is 6.72. The van der Waals surface area contributed by atoms with Crippen LogP contribution in [0.3, 0.4) is 0 Å². The Morgan fingerprint density at radius 1 is 0.769 bits per heavy atom. The maximum Gasteiger partial charge on any atom is 0.508 e. The molecule has 0 atom stereocenters. The van der Waals surface area contributed by atoms with Crippen molar-refractivity contribution in [2.75, 3.05) is 6.61 Å². The van der Waals surface area contributed by atoms with Gasteiger partial charge in [0.25, 0.3) is 0 Å². The highest BCUT2D eigenvalue weighted by atomic mass is 16.7. The minimum absolute atomic E-state index is 0.0929. The second kappa shape index (κ2) is 12.6. The lowest BCUT2D eigenvalue weighted by atomic mass is 9.70. The van der Waals surface area contributed by atoms with Crippen molar-refractivity contribution in [1.82, 2.24) is 0 Å². The highest BCUT2D eigenvalue weighted by molar-refractivity contribution is 5.60. The number of hydrogen-bond acceptors (Lipinski definition) is 3. The van der Waals surface area contributed by atoms with Crippen LogP contribution < -0.4 is 0 Å². The second-order valence-electron chi connectivity index (χ2n) is 8.74. The van der Waals surface area contributed by atoms with Gasteiger partial charge in [0.2, 0.25) is 0 Å². The van der Waals surface area contributed by atoms with Crippen molar-refractivity contribution in [2.45, 2.75) is 116 Å². The molecule has 0 aromatic heterocycles. The van der Waals surface area contributed by atoms with E-state index in [1.807, 2.05) is 0 Å². The van der Waals surface area contributed by atoms with E-state index in [0.29, 0.717) is 6.61 Å². The summed E-state index contributed by atoms with van der Waals surface area (Å²) >= 11 is 0. The van der Waals surface area contributed by atoms with E-state index in [1.165, 1.54) is 64.2 Å². The highest BCUT2D eigenvalue weighted by Gasteiger charge is 2.32. The van der Waals surface area contributed by atoms with E-state index in [1.54, 1.807) is 0 Å². The summed E-state index contributed by atoms with van der Waals surface area (Å²) in [6.07, 6.45) is 18.8. The summed E-state index contributed by atoms with van der Waals surface area (Å²) in [5, 5.41) is 0. The minimum atomic E-state index is -0.447. The summed E-state index contributed by atoms with van der Waals surface area (Å²) in [7, 11) is 0. The molecule has 0 unspecified atom stereocenters. The molecule has 0 N–H and O–H groups in total. The molecule has 0 radical (unpaired) electrons. The lowest BCUT2D eigenvalue weighted by molar-refractivity contribution is -0.000971. The SMILES string of the molecule is CCCCCOC(=O)O[C@H]1CC[C@H]([C@H]2CC[C@H](CCCCC)CC2)CC1. The van der Waals surface area contributed by atoms with Gasteiger partial charge >= 0.3 is 6.16 Å². The van der Waals surface area contributed by atoms with E-state index in [9.17, 15) is 4.79 Å². The van der Waals surface area contributed by atoms with Crippen molar-refractivity contribution in [3.05, 3.63) is 0 Å². The molecule has 3 heteroatoms. The molecule has 0 bridgehead atoms. The summed E-state index contributed by atoms with van der Waals surface area (Å²) in [5.74, 6) is 2.80. The zero-order valence-electron chi connectivity index (χ0n) is 17.3. The molecule has 152 valence electrons. The van der Waals surface area contributed by atoms with Crippen LogP contribution in [0.15, 0.2) is 0 Å². The smallest absolute Gasteiger partial charge is 0.434 e. The van der Waals surface area contributed by atoms with Crippen molar-refractivity contribution in [3.8, 4) is 0 Å². The van der Waals surface area contributed by atoms with Crippen molar-refractivity contribution < 1.29 is 14.3 Å². The van der Waals surface area contributed by atoms with Gasteiger partial charge in [-0.3, -0.25) is 0 Å². The fourth-order valence-electron chi connectivity index (χ4n) is 4.99. The first-order chi connectivity index (χ1) is 12.7. The third kappa shape index (κ3) is 7.88. The fourth-order valence-corrected chi connectivity index (χ4v) is 4.99. The third-order valence-corrected chi connectivity index (χ3v) is 6.72. The summed E-state index contributed by atoms with van der Waals surface area (Å²) in [5.41, 5.74) is 0. The molecule has 3 nitrogen and oxygen atoms in total. The molecular formula is C23H42O3. The molecular weight excluding hydrogens is 324 g/mol. The zero-order chi connectivity index (χ0) is 18.6. The Kier molecular flexibility index (Phi) is 10.5. The minimum Gasteiger partial charge on any atom is -0.434 e. The monoisotopic (exact) mass is 366 g/mol. The van der Waals surface area contributed by atoms with Crippen LogP contribution in [0.1, 0.15) is 110 Å². The predicted molar refractivity (Wildman–Crippen MR) is 107 cm³/mol. The van der Waals surface area contributed by atoms with E-state index < -0.39 is 6.16 Å². The molecule has 0 aromatic carbocycles. The maximum atomic E-state index is 11.8. The van der Waals surface area contributed by atoms with Gasteiger partial charge in [0, 0.05) is 0 Å². The zero-order valence-corrected chi connectivity index (χ0v) is 17.3. The fraction of sp³-hybridized carbons (Fsp3) is 0.957. The van der Waals surface area contributed by atoms with E-state index in [4.69, 9.17) is 9.47 Å². The number of hydrogen-bond donors (Lipinski definition) is 0. The normalized spacial score (nSPS) is 29.3. The standard InChI is InChI=1S/C23H42O3/c1-3-5-7-9-19-10-12-20(13-11-19)21-14-16-22(17-15-21)26-23(24)25-18-8-6-4-2/h19-22H,3-18H2,1-2H3/t19-,20-,21-,22-. The summed E-state index contributed by atoms with van der Waals surface area (Å²) < 4.78 is 10.7. The Labute approximate surface area is 161 Å². The van der Waals surface area contributed by atoms with Gasteiger partial charge in [-0.05, 0) is 62.7 Å². The van der Waals surface area contributed by atoms with E-state index >= 15 is 0 Å². The average molecular weight is 367 g/mol. The van der Waals surface area contributed by atoms with Crippen molar-refractivity contribution in [2.24, 2.45) is 17.8 Å². The Balaban J connectivity index is 1.56. The van der Waals surface area contributed by atoms with Gasteiger partial charge in [0.05, 0.1) is 6.61 Å². The van der Waals surface area contributed by atoms with Crippen LogP contribution >= 0.6 is 0 Å². The Morgan fingerprint density at radius 3 is 1.96 bits per heavy atom. The van der Waals surface area contributed by atoms with Gasteiger partial charge in [0.15, 0.2) is 0 Å². The quantitative estimate of drug-likeness (QED) is 0.301. The average Bonchev–Trinajstić information content (AvgIpc) is 2.67. The summed E-state index contributed by atoms with van der Waals surface area (Å²) in [6, 6.07) is 0. The number of ether oxygens (including phenoxy) is 2. The molecule has 0 saturated heterocycles. The van der Waals surface area contributed by atoms with Crippen molar-refractivity contribution >= 4 is 6.16 Å². The van der Waals surface area contributed by atoms with Crippen LogP contribution in [-0.4, -0.2) is 18.9 Å². The highest BCUT2D eigenvalue weighted by Crippen LogP contribution is 2.41. The first-order valence-electron chi connectivity index (χ1n) is 11.6. The Morgan fingerprint density at radius 2 is 1.35 bits per heavy atom. The predicted octanol–water partition coefficient (Wildman–Crippen LogP) is 7.28. The van der Waals surface area contributed by atoms with Gasteiger partial charge < -0.3 is 9.47 Å². The van der Waals surface area contributed by atoms with E-state index in [0.717, 1.165) is 49.9 Å². The lowest BCUT2D eigenvalue weighted by Gasteiger charge is -2.37. The molecule has 2 aliphatic carbocycles. The molecule has 2 fully saturated rings. The van der Waals surface area contributed by atoms with Gasteiger partial charge in [-0.2, -0.15) is 0 Å². The van der Waals surface area contributed by atoms with Crippen LogP contribution in [0.25, 0.3) is 0 Å². The van der Waals surface area contributed by atoms with Crippen molar-refractivity contribution in [1.29, 1.82) is 0 Å². The largest absolute Gasteiger partial charge is 0.508 e. The van der Waals surface area contributed by atoms with Crippen LogP contribution in [0.5, 0.6) is 0 Å². The molecule has 0 spiro atoms. The molecule has 0 amide bonds. The molecule has 0 aliphatic heterocycles. The summed E-state index contributed by atoms with van der Waals surface area (Å²) in [4.78, 5) is 11.8. The van der Waals surface area contributed by atoms with Crippen LogP contribution in [-0.2, 0) is 9.47 Å². The first-order valence-corrected chi connectivity index (χ1v) is 11.6. The first kappa shape index (κ1) is 21.6. The number of unbranched alkanes of at least 4 members (excludes halogenated alkanes) is 4.